The van der Waals surface area contributed by atoms with Crippen LogP contribution in [0.15, 0.2) is 18.2 Å². The van der Waals surface area contributed by atoms with Crippen LogP contribution in [0, 0.1) is 0 Å². The third-order valence-electron chi connectivity index (χ3n) is 3.21. The first-order chi connectivity index (χ1) is 9.60. The molecule has 0 spiro atoms. The molecule has 2 N–H and O–H groups in total. The molecule has 5 nitrogen and oxygen atoms in total. The van der Waals surface area contributed by atoms with Crippen LogP contribution in [-0.4, -0.2) is 56.5 Å². The Morgan fingerprint density at radius 1 is 1.50 bits per heavy atom. The van der Waals surface area contributed by atoms with Gasteiger partial charge in [0.05, 0.1) is 13.7 Å². The lowest BCUT2D eigenvalue weighted by atomic mass is 10.2. The van der Waals surface area contributed by atoms with Crippen molar-refractivity contribution in [1.29, 1.82) is 0 Å². The summed E-state index contributed by atoms with van der Waals surface area (Å²) < 4.78 is 16.8. The fraction of sp³-hybridized carbons (Fsp3) is 0.500. The van der Waals surface area contributed by atoms with Crippen molar-refractivity contribution in [2.75, 3.05) is 40.5 Å². The van der Waals surface area contributed by atoms with E-state index in [1.807, 2.05) is 12.1 Å². The van der Waals surface area contributed by atoms with E-state index in [2.05, 4.69) is 11.9 Å². The number of ether oxygens (including phenoxy) is 3. The molecule has 1 saturated heterocycles. The number of nitrogens with two attached hydrogens (primary N) is 1. The molecule has 0 aliphatic carbocycles. The normalized spacial score (nSPS) is 19.6. The molecule has 110 valence electrons. The lowest BCUT2D eigenvalue weighted by molar-refractivity contribution is -0.0406. The smallest absolute Gasteiger partial charge is 0.161 e. The molecule has 1 heterocycles. The van der Waals surface area contributed by atoms with Gasteiger partial charge in [0.1, 0.15) is 17.7 Å². The van der Waals surface area contributed by atoms with Gasteiger partial charge in [-0.3, -0.25) is 0 Å². The second kappa shape index (κ2) is 6.88. The number of rotatable bonds is 5. The molecule has 20 heavy (non-hydrogen) atoms. The average Bonchev–Trinajstić information content (AvgIpc) is 2.45. The first-order valence-corrected chi connectivity index (χ1v) is 6.91. The zero-order chi connectivity index (χ0) is 14.5. The molecule has 1 fully saturated rings. The number of morpholine rings is 1. The van der Waals surface area contributed by atoms with Gasteiger partial charge in [0.15, 0.2) is 11.5 Å². The number of benzene rings is 1. The van der Waals surface area contributed by atoms with Crippen molar-refractivity contribution in [1.82, 2.24) is 4.90 Å². The van der Waals surface area contributed by atoms with Gasteiger partial charge in [-0.05, 0) is 25.2 Å². The number of methoxy groups -OCH3 is 1. The van der Waals surface area contributed by atoms with E-state index in [1.165, 1.54) is 0 Å². The summed E-state index contributed by atoms with van der Waals surface area (Å²) in [4.78, 5) is 2.57. The Morgan fingerprint density at radius 2 is 2.30 bits per heavy atom. The van der Waals surface area contributed by atoms with Gasteiger partial charge in [0.25, 0.3) is 0 Å². The van der Waals surface area contributed by atoms with Crippen LogP contribution in [0.4, 0.5) is 0 Å². The minimum Gasteiger partial charge on any atom is -0.493 e. The third-order valence-corrected chi connectivity index (χ3v) is 3.45. The molecule has 1 aromatic rings. The predicted octanol–water partition coefficient (Wildman–Crippen LogP) is 1.04. The molecule has 1 aliphatic heterocycles. The van der Waals surface area contributed by atoms with Crippen molar-refractivity contribution in [2.45, 2.75) is 6.10 Å². The predicted molar refractivity (Wildman–Crippen MR) is 81.6 cm³/mol. The van der Waals surface area contributed by atoms with Crippen molar-refractivity contribution >= 4 is 17.2 Å². The summed E-state index contributed by atoms with van der Waals surface area (Å²) in [7, 11) is 3.67. The molecule has 1 aliphatic rings. The lowest BCUT2D eigenvalue weighted by Crippen LogP contribution is -2.42. The lowest BCUT2D eigenvalue weighted by Gasteiger charge is -2.30. The van der Waals surface area contributed by atoms with E-state index in [9.17, 15) is 0 Å². The minimum atomic E-state index is 0.0775. The largest absolute Gasteiger partial charge is 0.493 e. The van der Waals surface area contributed by atoms with E-state index in [0.29, 0.717) is 23.1 Å². The molecular formula is C14H20N2O3S. The first-order valence-electron chi connectivity index (χ1n) is 6.51. The number of nitrogens with zero attached hydrogens (tertiary/aromatic N) is 1. The third kappa shape index (κ3) is 3.82. The Morgan fingerprint density at radius 3 is 2.95 bits per heavy atom. The van der Waals surface area contributed by atoms with Crippen molar-refractivity contribution < 1.29 is 14.2 Å². The molecule has 6 heteroatoms. The molecule has 1 aromatic carbocycles. The Hall–Kier alpha value is -1.37. The monoisotopic (exact) mass is 296 g/mol. The van der Waals surface area contributed by atoms with Gasteiger partial charge in [0, 0.05) is 18.7 Å². The summed E-state index contributed by atoms with van der Waals surface area (Å²) in [5.74, 6) is 1.30. The SMILES string of the molecule is COc1cc(C(N)=S)ccc1OCC1CN(C)CCO1. The fourth-order valence-electron chi connectivity index (χ4n) is 2.09. The Labute approximate surface area is 124 Å². The highest BCUT2D eigenvalue weighted by atomic mass is 32.1. The molecule has 2 rings (SSSR count). The number of likely N-dealkylation sites (N-methyl/N-ethyl adjacent to an activating group) is 1. The van der Waals surface area contributed by atoms with Crippen LogP contribution in [0.1, 0.15) is 5.56 Å². The van der Waals surface area contributed by atoms with E-state index in [0.717, 1.165) is 25.3 Å². The molecule has 1 unspecified atom stereocenters. The highest BCUT2D eigenvalue weighted by molar-refractivity contribution is 7.80. The highest BCUT2D eigenvalue weighted by Gasteiger charge is 2.19. The number of thiocarbonyl (C=S) groups is 1. The summed E-state index contributed by atoms with van der Waals surface area (Å²) >= 11 is 4.95. The summed E-state index contributed by atoms with van der Waals surface area (Å²) in [6.45, 7) is 3.06. The maximum atomic E-state index is 5.79. The van der Waals surface area contributed by atoms with Crippen molar-refractivity contribution in [3.63, 3.8) is 0 Å². The van der Waals surface area contributed by atoms with Gasteiger partial charge in [-0.2, -0.15) is 0 Å². The van der Waals surface area contributed by atoms with E-state index >= 15 is 0 Å². The summed E-state index contributed by atoms with van der Waals surface area (Å²) in [6.07, 6.45) is 0.0775. The van der Waals surface area contributed by atoms with Gasteiger partial charge in [-0.25, -0.2) is 0 Å². The average molecular weight is 296 g/mol. The van der Waals surface area contributed by atoms with E-state index < -0.39 is 0 Å². The van der Waals surface area contributed by atoms with E-state index in [1.54, 1.807) is 13.2 Å². The summed E-state index contributed by atoms with van der Waals surface area (Å²) in [5.41, 5.74) is 6.37. The van der Waals surface area contributed by atoms with E-state index in [4.69, 9.17) is 32.2 Å². The molecule has 1 atom stereocenters. The maximum absolute atomic E-state index is 5.79. The Balaban J connectivity index is 2.00. The molecule has 0 aromatic heterocycles. The minimum absolute atomic E-state index is 0.0775. The molecule has 0 bridgehead atoms. The quantitative estimate of drug-likeness (QED) is 0.819. The first kappa shape index (κ1) is 15.0. The van der Waals surface area contributed by atoms with E-state index in [-0.39, 0.29) is 6.10 Å². The summed E-state index contributed by atoms with van der Waals surface area (Å²) in [5, 5.41) is 0. The summed E-state index contributed by atoms with van der Waals surface area (Å²) in [6, 6.07) is 5.43. The van der Waals surface area contributed by atoms with Gasteiger partial charge in [-0.15, -0.1) is 0 Å². The fourth-order valence-corrected chi connectivity index (χ4v) is 2.22. The van der Waals surface area contributed by atoms with Crippen molar-refractivity contribution in [2.24, 2.45) is 5.73 Å². The topological polar surface area (TPSA) is 57.0 Å². The zero-order valence-electron chi connectivity index (χ0n) is 11.8. The van der Waals surface area contributed by atoms with Gasteiger partial charge in [-0.1, -0.05) is 12.2 Å². The molecule has 0 saturated carbocycles. The van der Waals surface area contributed by atoms with Crippen LogP contribution >= 0.6 is 12.2 Å². The highest BCUT2D eigenvalue weighted by Crippen LogP contribution is 2.28. The van der Waals surface area contributed by atoms with Crippen LogP contribution in [0.3, 0.4) is 0 Å². The van der Waals surface area contributed by atoms with Crippen LogP contribution in [-0.2, 0) is 4.74 Å². The second-order valence-electron chi connectivity index (χ2n) is 4.80. The van der Waals surface area contributed by atoms with Crippen LogP contribution in [0.2, 0.25) is 0 Å². The maximum Gasteiger partial charge on any atom is 0.161 e. The van der Waals surface area contributed by atoms with Crippen LogP contribution in [0.5, 0.6) is 11.5 Å². The standard InChI is InChI=1S/C14H20N2O3S/c1-16-5-6-18-11(8-16)9-19-12-4-3-10(14(15)20)7-13(12)17-2/h3-4,7,11H,5-6,8-9H2,1-2H3,(H2,15,20). The molecule has 0 amide bonds. The van der Waals surface area contributed by atoms with Crippen molar-refractivity contribution in [3.8, 4) is 11.5 Å². The number of hydrogen-bond acceptors (Lipinski definition) is 5. The zero-order valence-corrected chi connectivity index (χ0v) is 12.6. The number of hydrogen-bond donors (Lipinski definition) is 1. The Bertz CT molecular complexity index is 481. The van der Waals surface area contributed by atoms with Gasteiger partial charge >= 0.3 is 0 Å². The molecule has 0 radical (unpaired) electrons. The van der Waals surface area contributed by atoms with Gasteiger partial charge < -0.3 is 24.8 Å². The van der Waals surface area contributed by atoms with Crippen LogP contribution in [0.25, 0.3) is 0 Å². The Kier molecular flexibility index (Phi) is 5.17. The van der Waals surface area contributed by atoms with Crippen LogP contribution < -0.4 is 15.2 Å². The van der Waals surface area contributed by atoms with Crippen molar-refractivity contribution in [3.05, 3.63) is 23.8 Å². The molecular weight excluding hydrogens is 276 g/mol. The second-order valence-corrected chi connectivity index (χ2v) is 5.24. The van der Waals surface area contributed by atoms with Gasteiger partial charge in [0.2, 0.25) is 0 Å².